The Labute approximate surface area is 103 Å². The highest BCUT2D eigenvalue weighted by molar-refractivity contribution is 7.12. The first-order valence-electron chi connectivity index (χ1n) is 5.59. The molecule has 0 aliphatic heterocycles. The second-order valence-corrected chi connectivity index (χ2v) is 6.32. The molecule has 2 heterocycles. The fraction of sp³-hybridized carbons (Fsp3) is 0.417. The third kappa shape index (κ3) is 1.93. The highest BCUT2D eigenvalue weighted by Crippen LogP contribution is 2.33. The minimum atomic E-state index is 0.235. The van der Waals surface area contributed by atoms with Crippen LogP contribution in [0.25, 0.3) is 0 Å². The van der Waals surface area contributed by atoms with Crippen LogP contribution in [0.1, 0.15) is 39.3 Å². The minimum Gasteiger partial charge on any atom is -0.323 e. The number of nitrogens with zero attached hydrogens (tertiary/aromatic N) is 1. The van der Waals surface area contributed by atoms with Crippen LogP contribution in [0.3, 0.4) is 0 Å². The van der Waals surface area contributed by atoms with E-state index in [2.05, 4.69) is 17.5 Å². The molecular weight excluding hydrogens is 236 g/mol. The molecule has 1 atom stereocenters. The lowest BCUT2D eigenvalue weighted by Crippen LogP contribution is -2.15. The molecule has 2 aromatic rings. The standard InChI is InChI=1S/C12H14N2S2/c13-9-4-1-5-10-12(9)16-11(14-10)7-8-3-2-6-15-8/h2-3,6,9H,1,4-5,7,13H2. The van der Waals surface area contributed by atoms with Gasteiger partial charge in [-0.2, -0.15) is 0 Å². The summed E-state index contributed by atoms with van der Waals surface area (Å²) < 4.78 is 0. The van der Waals surface area contributed by atoms with Crippen LogP contribution in [0.2, 0.25) is 0 Å². The molecule has 0 saturated heterocycles. The summed E-state index contributed by atoms with van der Waals surface area (Å²) in [5.41, 5.74) is 7.37. The molecule has 16 heavy (non-hydrogen) atoms. The van der Waals surface area contributed by atoms with Crippen molar-refractivity contribution in [3.63, 3.8) is 0 Å². The molecule has 2 nitrogen and oxygen atoms in total. The summed E-state index contributed by atoms with van der Waals surface area (Å²) in [7, 11) is 0. The van der Waals surface area contributed by atoms with E-state index in [1.165, 1.54) is 26.9 Å². The third-order valence-electron chi connectivity index (χ3n) is 2.94. The van der Waals surface area contributed by atoms with Crippen LogP contribution in [-0.2, 0) is 12.8 Å². The quantitative estimate of drug-likeness (QED) is 0.889. The Morgan fingerprint density at radius 1 is 1.50 bits per heavy atom. The van der Waals surface area contributed by atoms with E-state index in [4.69, 9.17) is 10.7 Å². The zero-order valence-electron chi connectivity index (χ0n) is 8.98. The van der Waals surface area contributed by atoms with Crippen molar-refractivity contribution in [2.45, 2.75) is 31.7 Å². The number of thiophene rings is 1. The van der Waals surface area contributed by atoms with E-state index in [1.54, 1.807) is 11.3 Å². The summed E-state index contributed by atoms with van der Waals surface area (Å²) in [6, 6.07) is 4.50. The molecule has 1 aliphatic carbocycles. The number of aromatic nitrogens is 1. The van der Waals surface area contributed by atoms with Gasteiger partial charge in [-0.1, -0.05) is 6.07 Å². The second-order valence-electron chi connectivity index (χ2n) is 4.17. The summed E-state index contributed by atoms with van der Waals surface area (Å²) in [4.78, 5) is 7.44. The van der Waals surface area contributed by atoms with Gasteiger partial charge in [0.2, 0.25) is 0 Å². The van der Waals surface area contributed by atoms with E-state index >= 15 is 0 Å². The molecule has 3 rings (SSSR count). The SMILES string of the molecule is NC1CCCc2nc(Cc3cccs3)sc21. The van der Waals surface area contributed by atoms with Crippen molar-refractivity contribution < 1.29 is 0 Å². The number of aryl methyl sites for hydroxylation is 1. The second kappa shape index (κ2) is 4.28. The maximum absolute atomic E-state index is 6.11. The normalized spacial score (nSPS) is 19.7. The van der Waals surface area contributed by atoms with Gasteiger partial charge in [0.05, 0.1) is 10.7 Å². The number of nitrogens with two attached hydrogens (primary N) is 1. The van der Waals surface area contributed by atoms with Crippen molar-refractivity contribution >= 4 is 22.7 Å². The van der Waals surface area contributed by atoms with E-state index in [1.807, 2.05) is 11.3 Å². The molecule has 0 aromatic carbocycles. The molecule has 0 spiro atoms. The maximum Gasteiger partial charge on any atom is 0.0983 e. The van der Waals surface area contributed by atoms with Crippen LogP contribution in [0, 0.1) is 0 Å². The average Bonchev–Trinajstić information content (AvgIpc) is 2.88. The molecule has 2 N–H and O–H groups in total. The largest absolute Gasteiger partial charge is 0.323 e. The molecule has 1 unspecified atom stereocenters. The van der Waals surface area contributed by atoms with E-state index in [0.29, 0.717) is 0 Å². The number of hydrogen-bond acceptors (Lipinski definition) is 4. The molecule has 1 aliphatic rings. The van der Waals surface area contributed by atoms with Crippen LogP contribution >= 0.6 is 22.7 Å². The lowest BCUT2D eigenvalue weighted by molar-refractivity contribution is 0.573. The van der Waals surface area contributed by atoms with E-state index in [9.17, 15) is 0 Å². The van der Waals surface area contributed by atoms with Crippen molar-refractivity contribution in [3.8, 4) is 0 Å². The Kier molecular flexibility index (Phi) is 2.79. The Morgan fingerprint density at radius 2 is 2.44 bits per heavy atom. The van der Waals surface area contributed by atoms with Gasteiger partial charge in [0.25, 0.3) is 0 Å². The zero-order valence-corrected chi connectivity index (χ0v) is 10.6. The van der Waals surface area contributed by atoms with Crippen molar-refractivity contribution in [3.05, 3.63) is 38.0 Å². The topological polar surface area (TPSA) is 38.9 Å². The number of fused-ring (bicyclic) bond motifs is 1. The predicted molar refractivity (Wildman–Crippen MR) is 69.1 cm³/mol. The molecule has 0 bridgehead atoms. The van der Waals surface area contributed by atoms with Gasteiger partial charge in [0, 0.05) is 22.2 Å². The number of thiazole rings is 1. The lowest BCUT2D eigenvalue weighted by Gasteiger charge is -2.15. The fourth-order valence-corrected chi connectivity index (χ4v) is 4.11. The van der Waals surface area contributed by atoms with Crippen molar-refractivity contribution in [2.75, 3.05) is 0 Å². The summed E-state index contributed by atoms with van der Waals surface area (Å²) in [5.74, 6) is 0. The van der Waals surface area contributed by atoms with Gasteiger partial charge in [-0.05, 0) is 30.7 Å². The molecule has 84 valence electrons. The van der Waals surface area contributed by atoms with Gasteiger partial charge in [0.1, 0.15) is 0 Å². The summed E-state index contributed by atoms with van der Waals surface area (Å²) in [6.45, 7) is 0. The molecular formula is C12H14N2S2. The molecule has 0 fully saturated rings. The highest BCUT2D eigenvalue weighted by Gasteiger charge is 2.21. The van der Waals surface area contributed by atoms with Gasteiger partial charge in [-0.15, -0.1) is 22.7 Å². The number of rotatable bonds is 2. The van der Waals surface area contributed by atoms with Crippen molar-refractivity contribution in [2.24, 2.45) is 5.73 Å². The zero-order chi connectivity index (χ0) is 11.0. The molecule has 4 heteroatoms. The molecule has 2 aromatic heterocycles. The van der Waals surface area contributed by atoms with Gasteiger partial charge in [-0.25, -0.2) is 4.98 Å². The van der Waals surface area contributed by atoms with E-state index in [-0.39, 0.29) is 6.04 Å². The Balaban J connectivity index is 1.87. The minimum absolute atomic E-state index is 0.235. The van der Waals surface area contributed by atoms with Crippen LogP contribution in [0.15, 0.2) is 17.5 Å². The van der Waals surface area contributed by atoms with E-state index in [0.717, 1.165) is 19.3 Å². The van der Waals surface area contributed by atoms with Crippen molar-refractivity contribution in [1.82, 2.24) is 4.98 Å². The molecule has 0 amide bonds. The monoisotopic (exact) mass is 250 g/mol. The van der Waals surface area contributed by atoms with Crippen LogP contribution in [0.5, 0.6) is 0 Å². The van der Waals surface area contributed by atoms with Gasteiger partial charge >= 0.3 is 0 Å². The Hall–Kier alpha value is -0.710. The highest BCUT2D eigenvalue weighted by atomic mass is 32.1. The fourth-order valence-electron chi connectivity index (χ4n) is 2.14. The third-order valence-corrected chi connectivity index (χ3v) is 5.05. The van der Waals surface area contributed by atoms with Gasteiger partial charge < -0.3 is 5.73 Å². The van der Waals surface area contributed by atoms with Crippen LogP contribution in [0.4, 0.5) is 0 Å². The molecule has 0 radical (unpaired) electrons. The molecule has 0 saturated carbocycles. The summed E-state index contributed by atoms with van der Waals surface area (Å²) in [5, 5.41) is 3.35. The predicted octanol–water partition coefficient (Wildman–Crippen LogP) is 3.13. The smallest absolute Gasteiger partial charge is 0.0983 e. The van der Waals surface area contributed by atoms with Gasteiger partial charge in [0.15, 0.2) is 0 Å². The Morgan fingerprint density at radius 3 is 3.19 bits per heavy atom. The lowest BCUT2D eigenvalue weighted by atomic mass is 9.99. The van der Waals surface area contributed by atoms with E-state index < -0.39 is 0 Å². The Bertz CT molecular complexity index is 473. The first-order valence-corrected chi connectivity index (χ1v) is 7.29. The summed E-state index contributed by atoms with van der Waals surface area (Å²) in [6.07, 6.45) is 4.40. The first-order chi connectivity index (χ1) is 7.83. The first kappa shape index (κ1) is 10.4. The summed E-state index contributed by atoms with van der Waals surface area (Å²) >= 11 is 3.61. The van der Waals surface area contributed by atoms with Crippen LogP contribution in [-0.4, -0.2) is 4.98 Å². The van der Waals surface area contributed by atoms with Gasteiger partial charge in [-0.3, -0.25) is 0 Å². The van der Waals surface area contributed by atoms with Crippen LogP contribution < -0.4 is 5.73 Å². The number of hydrogen-bond donors (Lipinski definition) is 1. The maximum atomic E-state index is 6.11. The van der Waals surface area contributed by atoms with Crippen molar-refractivity contribution in [1.29, 1.82) is 0 Å². The average molecular weight is 250 g/mol.